The number of hydrogen-bond acceptors (Lipinski definition) is 3. The minimum Gasteiger partial charge on any atom is -0.543 e. The van der Waals surface area contributed by atoms with Gasteiger partial charge in [-0.25, -0.2) is 4.79 Å². The highest BCUT2D eigenvalue weighted by atomic mass is 28.4. The average Bonchev–Trinajstić information content (AvgIpc) is 2.76. The highest BCUT2D eigenvalue weighted by Crippen LogP contribution is 2.64. The van der Waals surface area contributed by atoms with Crippen LogP contribution in [0.3, 0.4) is 0 Å². The highest BCUT2D eigenvalue weighted by Gasteiger charge is 2.56. The molecule has 0 aliphatic heterocycles. The summed E-state index contributed by atoms with van der Waals surface area (Å²) >= 11 is 0. The Labute approximate surface area is 206 Å². The minimum atomic E-state index is -2.10. The van der Waals surface area contributed by atoms with E-state index in [2.05, 4.69) is 27.3 Å². The van der Waals surface area contributed by atoms with Crippen LogP contribution in [0.4, 0.5) is 0 Å². The van der Waals surface area contributed by atoms with Crippen LogP contribution in [0.1, 0.15) is 75.2 Å². The van der Waals surface area contributed by atoms with E-state index >= 15 is 0 Å². The summed E-state index contributed by atoms with van der Waals surface area (Å²) in [7, 11) is -2.10. The van der Waals surface area contributed by atoms with Crippen molar-refractivity contribution in [2.24, 2.45) is 23.2 Å². The van der Waals surface area contributed by atoms with E-state index in [-0.39, 0.29) is 17.6 Å². The molecule has 1 atom stereocenters. The summed E-state index contributed by atoms with van der Waals surface area (Å²) in [6.45, 7) is 9.85. The Kier molecular flexibility index (Phi) is 6.16. The lowest BCUT2D eigenvalue weighted by molar-refractivity contribution is -0.0434. The predicted octanol–water partition coefficient (Wildman–Crippen LogP) is 8.01. The van der Waals surface area contributed by atoms with E-state index in [4.69, 9.17) is 9.16 Å². The molecule has 0 amide bonds. The molecule has 2 aromatic rings. The van der Waals surface area contributed by atoms with Crippen LogP contribution in [0.25, 0.3) is 0 Å². The number of carbonyl (C=O) groups is 1. The van der Waals surface area contributed by atoms with Gasteiger partial charge in [-0.3, -0.25) is 0 Å². The van der Waals surface area contributed by atoms with E-state index in [0.717, 1.165) is 29.1 Å². The molecule has 4 aliphatic carbocycles. The molecular weight excluding hydrogens is 436 g/mol. The largest absolute Gasteiger partial charge is 0.543 e. The van der Waals surface area contributed by atoms with Crippen molar-refractivity contribution in [1.82, 2.24) is 0 Å². The van der Waals surface area contributed by atoms with Crippen LogP contribution in [0.5, 0.6) is 5.75 Å². The van der Waals surface area contributed by atoms with Gasteiger partial charge in [-0.2, -0.15) is 0 Å². The van der Waals surface area contributed by atoms with Crippen molar-refractivity contribution >= 4 is 14.3 Å². The van der Waals surface area contributed by atoms with Crippen LogP contribution < -0.4 is 4.43 Å². The van der Waals surface area contributed by atoms with E-state index in [1.54, 1.807) is 0 Å². The van der Waals surface area contributed by atoms with Crippen LogP contribution >= 0.6 is 0 Å². The van der Waals surface area contributed by atoms with E-state index in [0.29, 0.717) is 11.0 Å². The summed E-state index contributed by atoms with van der Waals surface area (Å²) in [6, 6.07) is 18.7. The summed E-state index contributed by atoms with van der Waals surface area (Å²) in [5.41, 5.74) is 2.07. The fraction of sp³-hybridized carbons (Fsp3) is 0.567. The maximum atomic E-state index is 12.5. The van der Waals surface area contributed by atoms with Gasteiger partial charge >= 0.3 is 5.97 Å². The molecule has 0 aromatic heterocycles. The van der Waals surface area contributed by atoms with Crippen molar-refractivity contribution < 1.29 is 14.0 Å². The van der Waals surface area contributed by atoms with E-state index in [1.807, 2.05) is 54.6 Å². The Bertz CT molecular complexity index is 972. The Balaban J connectivity index is 1.27. The normalized spacial score (nSPS) is 29.5. The Morgan fingerprint density at radius 1 is 0.912 bits per heavy atom. The van der Waals surface area contributed by atoms with Gasteiger partial charge < -0.3 is 9.16 Å². The first-order valence-corrected chi connectivity index (χ1v) is 15.7. The molecule has 0 N–H and O–H groups in total. The van der Waals surface area contributed by atoms with Crippen molar-refractivity contribution in [3.8, 4) is 5.75 Å². The van der Waals surface area contributed by atoms with Crippen molar-refractivity contribution in [1.29, 1.82) is 0 Å². The third-order valence-electron chi connectivity index (χ3n) is 9.11. The number of esters is 1. The average molecular weight is 477 g/mol. The Hall–Kier alpha value is -2.07. The number of carbonyl (C=O) groups excluding carboxylic acids is 1. The maximum Gasteiger partial charge on any atom is 0.338 e. The molecule has 1 unspecified atom stereocenters. The van der Waals surface area contributed by atoms with Gasteiger partial charge in [-0.15, -0.1) is 0 Å². The third kappa shape index (κ3) is 4.84. The van der Waals surface area contributed by atoms with Crippen molar-refractivity contribution in [3.63, 3.8) is 0 Å². The Morgan fingerprint density at radius 2 is 1.47 bits per heavy atom. The lowest BCUT2D eigenvalue weighted by Gasteiger charge is -2.59. The lowest BCUT2D eigenvalue weighted by Crippen LogP contribution is -2.55. The van der Waals surface area contributed by atoms with Gasteiger partial charge in [0, 0.05) is 0 Å². The Morgan fingerprint density at radius 3 is 2.00 bits per heavy atom. The number of benzene rings is 2. The van der Waals surface area contributed by atoms with Gasteiger partial charge in [-0.1, -0.05) is 51.1 Å². The zero-order valence-electron chi connectivity index (χ0n) is 21.3. The van der Waals surface area contributed by atoms with Crippen LogP contribution in [-0.4, -0.2) is 14.3 Å². The second kappa shape index (κ2) is 8.86. The lowest BCUT2D eigenvalue weighted by atomic mass is 9.50. The van der Waals surface area contributed by atoms with Gasteiger partial charge in [0.2, 0.25) is 0 Å². The molecule has 3 nitrogen and oxygen atoms in total. The monoisotopic (exact) mass is 476 g/mol. The summed E-state index contributed by atoms with van der Waals surface area (Å²) < 4.78 is 12.5. The van der Waals surface area contributed by atoms with Gasteiger partial charge in [-0.05, 0) is 109 Å². The number of rotatable bonds is 7. The van der Waals surface area contributed by atoms with Gasteiger partial charge in [0.1, 0.15) is 12.4 Å². The molecule has 4 bridgehead atoms. The van der Waals surface area contributed by atoms with E-state index in [9.17, 15) is 4.79 Å². The zero-order chi connectivity index (χ0) is 24.0. The molecule has 6 rings (SSSR count). The first-order chi connectivity index (χ1) is 16.1. The van der Waals surface area contributed by atoms with Crippen LogP contribution in [0, 0.1) is 23.2 Å². The fourth-order valence-electron chi connectivity index (χ4n) is 7.40. The molecule has 0 saturated heterocycles. The molecular formula is C30H40O3Si. The van der Waals surface area contributed by atoms with E-state index in [1.165, 1.54) is 44.6 Å². The molecule has 0 radical (unpaired) electrons. The molecule has 4 aliphatic rings. The molecule has 0 spiro atoms. The first-order valence-electron chi connectivity index (χ1n) is 13.1. The van der Waals surface area contributed by atoms with Gasteiger partial charge in [0.15, 0.2) is 0 Å². The molecule has 4 fully saturated rings. The van der Waals surface area contributed by atoms with Crippen LogP contribution in [0.15, 0.2) is 54.6 Å². The zero-order valence-corrected chi connectivity index (χ0v) is 22.3. The second-order valence-corrected chi connectivity index (χ2v) is 17.3. The van der Waals surface area contributed by atoms with Gasteiger partial charge in [0.25, 0.3) is 8.32 Å². The van der Waals surface area contributed by atoms with Crippen LogP contribution in [-0.2, 0) is 11.3 Å². The minimum absolute atomic E-state index is 0.142. The fourth-order valence-corrected chi connectivity index (χ4v) is 10.8. The first kappa shape index (κ1) is 23.7. The SMILES string of the molecule is CC(C)(C)[Si](C)(CC12CC3CC(CC(C3)C1)C2)Oc1ccc(C(=O)OCc2ccccc2)cc1. The molecule has 2 aromatic carbocycles. The number of ether oxygens (including phenoxy) is 1. The van der Waals surface area contributed by atoms with Crippen LogP contribution in [0.2, 0.25) is 17.6 Å². The van der Waals surface area contributed by atoms with Crippen molar-refractivity contribution in [2.45, 2.75) is 83.5 Å². The smallest absolute Gasteiger partial charge is 0.338 e. The van der Waals surface area contributed by atoms with E-state index < -0.39 is 8.32 Å². The topological polar surface area (TPSA) is 35.5 Å². The molecule has 34 heavy (non-hydrogen) atoms. The van der Waals surface area contributed by atoms with Crippen molar-refractivity contribution in [2.75, 3.05) is 0 Å². The molecule has 4 saturated carbocycles. The third-order valence-corrected chi connectivity index (χ3v) is 14.4. The summed E-state index contributed by atoms with van der Waals surface area (Å²) in [5, 5.41) is 0.142. The quantitative estimate of drug-likeness (QED) is 0.300. The summed E-state index contributed by atoms with van der Waals surface area (Å²) in [4.78, 5) is 12.5. The summed E-state index contributed by atoms with van der Waals surface area (Å²) in [6.07, 6.45) is 8.72. The molecule has 0 heterocycles. The van der Waals surface area contributed by atoms with Gasteiger partial charge in [0.05, 0.1) is 5.56 Å². The maximum absolute atomic E-state index is 12.5. The molecule has 4 heteroatoms. The standard InChI is InChI=1S/C30H40O3Si/c1-29(2,3)34(4,21-30-17-23-14-24(18-30)16-25(15-23)19-30)33-27-12-10-26(11-13-27)28(31)32-20-22-8-6-5-7-9-22/h5-13,23-25H,14-21H2,1-4H3. The van der Waals surface area contributed by atoms with Crippen molar-refractivity contribution in [3.05, 3.63) is 65.7 Å². The number of hydrogen-bond donors (Lipinski definition) is 0. The highest BCUT2D eigenvalue weighted by molar-refractivity contribution is 6.76. The summed E-state index contributed by atoms with van der Waals surface area (Å²) in [5.74, 6) is 3.50. The molecule has 182 valence electrons. The predicted molar refractivity (Wildman–Crippen MR) is 139 cm³/mol. The second-order valence-electron chi connectivity index (χ2n) is 12.8.